The molecular weight excluding hydrogens is 397 g/mol. The first kappa shape index (κ1) is 20.3. The van der Waals surface area contributed by atoms with Gasteiger partial charge in [-0.2, -0.15) is 5.10 Å². The van der Waals surface area contributed by atoms with Gasteiger partial charge in [0, 0.05) is 30.3 Å². The topological polar surface area (TPSA) is 93.5 Å². The van der Waals surface area contributed by atoms with Gasteiger partial charge in [-0.3, -0.25) is 9.25 Å². The summed E-state index contributed by atoms with van der Waals surface area (Å²) in [6, 6.07) is 7.21. The molecule has 0 radical (unpaired) electrons. The van der Waals surface area contributed by atoms with E-state index in [4.69, 9.17) is 4.52 Å². The molecule has 1 unspecified atom stereocenters. The molecule has 3 aromatic rings. The van der Waals surface area contributed by atoms with Crippen molar-refractivity contribution in [3.8, 4) is 10.4 Å². The Morgan fingerprint density at radius 3 is 2.54 bits per heavy atom. The fourth-order valence-electron chi connectivity index (χ4n) is 3.00. The number of aryl methyl sites for hydroxylation is 3. The highest BCUT2D eigenvalue weighted by Gasteiger charge is 2.30. The zero-order valence-electron chi connectivity index (χ0n) is 16.3. The molecule has 7 nitrogen and oxygen atoms in total. The van der Waals surface area contributed by atoms with Crippen LogP contribution in [-0.4, -0.2) is 28.0 Å². The van der Waals surface area contributed by atoms with Gasteiger partial charge in [-0.05, 0) is 38.5 Å². The zero-order chi connectivity index (χ0) is 20.6. The summed E-state index contributed by atoms with van der Waals surface area (Å²) in [6.07, 6.45) is 1.69. The number of carbonyl (C=O) groups is 1. The maximum atomic E-state index is 13.5. The Balaban J connectivity index is 2.08. The smallest absolute Gasteiger partial charge is 0.348 e. The van der Waals surface area contributed by atoms with Crippen molar-refractivity contribution in [2.45, 2.75) is 20.8 Å². The van der Waals surface area contributed by atoms with Crippen LogP contribution in [0.3, 0.4) is 0 Å². The summed E-state index contributed by atoms with van der Waals surface area (Å²) >= 11 is 1.11. The number of hydrogen-bond donors (Lipinski definition) is 2. The minimum atomic E-state index is -3.51. The van der Waals surface area contributed by atoms with Crippen molar-refractivity contribution in [3.63, 3.8) is 0 Å². The fraction of sp³-hybridized carbons (Fsp3) is 0.263. The minimum absolute atomic E-state index is 0.0697. The molecule has 3 rings (SSSR count). The second-order valence-electron chi connectivity index (χ2n) is 6.56. The molecule has 1 atom stereocenters. The van der Waals surface area contributed by atoms with Gasteiger partial charge in [0.25, 0.3) is 0 Å². The summed E-state index contributed by atoms with van der Waals surface area (Å²) in [4.78, 5) is 12.6. The van der Waals surface area contributed by atoms with Gasteiger partial charge >= 0.3 is 13.5 Å². The van der Waals surface area contributed by atoms with Gasteiger partial charge in [0.2, 0.25) is 0 Å². The first-order valence-corrected chi connectivity index (χ1v) is 11.0. The number of aromatic nitrogens is 2. The van der Waals surface area contributed by atoms with E-state index in [2.05, 4.69) is 10.2 Å². The molecule has 2 heterocycles. The summed E-state index contributed by atoms with van der Waals surface area (Å²) < 4.78 is 20.6. The Bertz CT molecular complexity index is 1100. The van der Waals surface area contributed by atoms with E-state index in [-0.39, 0.29) is 10.6 Å². The number of benzene rings is 1. The van der Waals surface area contributed by atoms with Gasteiger partial charge in [-0.15, -0.1) is 11.3 Å². The van der Waals surface area contributed by atoms with Crippen LogP contribution in [0.15, 0.2) is 30.5 Å². The molecule has 0 aliphatic heterocycles. The lowest BCUT2D eigenvalue weighted by Gasteiger charge is -2.20. The third-order valence-corrected chi connectivity index (χ3v) is 7.96. The largest absolute Gasteiger partial charge is 0.477 e. The summed E-state index contributed by atoms with van der Waals surface area (Å²) in [6.45, 7) is 5.71. The number of hydrogen-bond acceptors (Lipinski definition) is 5. The molecule has 0 saturated heterocycles. The van der Waals surface area contributed by atoms with E-state index < -0.39 is 13.5 Å². The van der Waals surface area contributed by atoms with E-state index in [9.17, 15) is 14.5 Å². The van der Waals surface area contributed by atoms with E-state index in [1.54, 1.807) is 23.0 Å². The standard InChI is InChI=1S/C19H22N3O4PS/c1-11-6-7-16(12(2)8-11)27(25,26-5)21-15-9-17(28-18(15)19(23)24)14-10-20-22(4)13(14)3/h6-10H,1-5H3,(H,21,25)(H,23,24). The Morgan fingerprint density at radius 2 is 2.00 bits per heavy atom. The predicted octanol–water partition coefficient (Wildman–Crippen LogP) is 4.35. The van der Waals surface area contributed by atoms with Crippen LogP contribution >= 0.6 is 18.9 Å². The maximum Gasteiger partial charge on any atom is 0.348 e. The van der Waals surface area contributed by atoms with Crippen molar-refractivity contribution in [3.05, 3.63) is 52.2 Å². The lowest BCUT2D eigenvalue weighted by molar-refractivity contribution is 0.0703. The molecule has 28 heavy (non-hydrogen) atoms. The quantitative estimate of drug-likeness (QED) is 0.577. The molecule has 0 saturated carbocycles. The average Bonchev–Trinajstić information content (AvgIpc) is 3.18. The fourth-order valence-corrected chi connectivity index (χ4v) is 5.80. The first-order chi connectivity index (χ1) is 13.2. The average molecular weight is 419 g/mol. The number of aromatic carboxylic acids is 1. The number of nitrogens with one attached hydrogen (secondary N) is 1. The van der Waals surface area contributed by atoms with E-state index in [1.807, 2.05) is 40.0 Å². The van der Waals surface area contributed by atoms with E-state index >= 15 is 0 Å². The zero-order valence-corrected chi connectivity index (χ0v) is 18.0. The van der Waals surface area contributed by atoms with Gasteiger partial charge in [0.1, 0.15) is 4.88 Å². The predicted molar refractivity (Wildman–Crippen MR) is 112 cm³/mol. The van der Waals surface area contributed by atoms with Crippen LogP contribution in [-0.2, 0) is 16.1 Å². The molecular formula is C19H22N3O4PS. The maximum absolute atomic E-state index is 13.5. The van der Waals surface area contributed by atoms with Gasteiger partial charge in [-0.1, -0.05) is 17.7 Å². The Hall–Kier alpha value is -2.41. The van der Waals surface area contributed by atoms with Gasteiger partial charge in [0.05, 0.1) is 17.2 Å². The molecule has 1 aromatic carbocycles. The Morgan fingerprint density at radius 1 is 1.29 bits per heavy atom. The lowest BCUT2D eigenvalue weighted by atomic mass is 10.2. The number of rotatable bonds is 6. The van der Waals surface area contributed by atoms with Crippen LogP contribution in [0.4, 0.5) is 5.69 Å². The SMILES string of the molecule is COP(=O)(Nc1cc(-c2cnn(C)c2C)sc1C(=O)O)c1ccc(C)cc1C. The number of anilines is 1. The first-order valence-electron chi connectivity index (χ1n) is 8.54. The van der Waals surface area contributed by atoms with E-state index in [0.717, 1.165) is 38.6 Å². The van der Waals surface area contributed by atoms with Gasteiger partial charge < -0.3 is 14.7 Å². The molecule has 0 aliphatic rings. The molecule has 148 valence electrons. The van der Waals surface area contributed by atoms with Crippen molar-refractivity contribution in [2.75, 3.05) is 12.2 Å². The summed E-state index contributed by atoms with van der Waals surface area (Å²) in [5.41, 5.74) is 3.87. The molecule has 0 amide bonds. The minimum Gasteiger partial charge on any atom is -0.477 e. The van der Waals surface area contributed by atoms with Crippen LogP contribution in [0.1, 0.15) is 26.5 Å². The van der Waals surface area contributed by atoms with Crippen LogP contribution in [0.2, 0.25) is 0 Å². The number of nitrogens with zero attached hydrogens (tertiary/aromatic N) is 2. The molecule has 0 aliphatic carbocycles. The highest BCUT2D eigenvalue weighted by atomic mass is 32.1. The van der Waals surface area contributed by atoms with Crippen LogP contribution < -0.4 is 10.4 Å². The van der Waals surface area contributed by atoms with Crippen molar-refractivity contribution in [1.29, 1.82) is 0 Å². The van der Waals surface area contributed by atoms with Crippen molar-refractivity contribution in [2.24, 2.45) is 7.05 Å². The third-order valence-electron chi connectivity index (χ3n) is 4.62. The highest BCUT2D eigenvalue weighted by Crippen LogP contribution is 2.48. The van der Waals surface area contributed by atoms with Crippen LogP contribution in [0.5, 0.6) is 0 Å². The molecule has 9 heteroatoms. The molecule has 2 aromatic heterocycles. The molecule has 0 bridgehead atoms. The van der Waals surface area contributed by atoms with Gasteiger partial charge in [-0.25, -0.2) is 4.79 Å². The lowest BCUT2D eigenvalue weighted by Crippen LogP contribution is -2.17. The van der Waals surface area contributed by atoms with E-state index in [0.29, 0.717) is 5.30 Å². The summed E-state index contributed by atoms with van der Waals surface area (Å²) in [5.74, 6) is -1.09. The summed E-state index contributed by atoms with van der Waals surface area (Å²) in [7, 11) is -0.335. The Kier molecular flexibility index (Phi) is 5.48. The normalized spacial score (nSPS) is 13.3. The van der Waals surface area contributed by atoms with Crippen LogP contribution in [0, 0.1) is 20.8 Å². The van der Waals surface area contributed by atoms with Crippen molar-refractivity contribution >= 4 is 35.8 Å². The number of thiophene rings is 1. The number of carboxylic acids is 1. The second kappa shape index (κ2) is 7.54. The third kappa shape index (κ3) is 3.63. The second-order valence-corrected chi connectivity index (χ2v) is 9.79. The molecule has 2 N–H and O–H groups in total. The molecule has 0 spiro atoms. The highest BCUT2D eigenvalue weighted by molar-refractivity contribution is 7.68. The van der Waals surface area contributed by atoms with E-state index in [1.165, 1.54) is 7.11 Å². The monoisotopic (exact) mass is 419 g/mol. The number of carboxylic acid groups (broad SMARTS) is 1. The van der Waals surface area contributed by atoms with Crippen molar-refractivity contribution in [1.82, 2.24) is 9.78 Å². The molecule has 0 fully saturated rings. The van der Waals surface area contributed by atoms with Crippen LogP contribution in [0.25, 0.3) is 10.4 Å². The summed E-state index contributed by atoms with van der Waals surface area (Å²) in [5, 5.41) is 17.3. The van der Waals surface area contributed by atoms with Gasteiger partial charge in [0.15, 0.2) is 0 Å². The van der Waals surface area contributed by atoms with Crippen molar-refractivity contribution < 1.29 is 19.0 Å². The Labute approximate surface area is 167 Å².